The summed E-state index contributed by atoms with van der Waals surface area (Å²) in [6.07, 6.45) is 3.37. The first-order valence-corrected chi connectivity index (χ1v) is 7.49. The lowest BCUT2D eigenvalue weighted by molar-refractivity contribution is 0.277. The number of pyridine rings is 1. The maximum atomic E-state index is 9.47. The zero-order chi connectivity index (χ0) is 16.8. The Hall–Kier alpha value is -3.12. The number of nitrogens with zero attached hydrogens (tertiary/aromatic N) is 5. The van der Waals surface area contributed by atoms with E-state index in [1.165, 1.54) is 0 Å². The summed E-state index contributed by atoms with van der Waals surface area (Å²) in [4.78, 5) is 13.1. The van der Waals surface area contributed by atoms with Gasteiger partial charge in [-0.05, 0) is 12.1 Å². The fourth-order valence-electron chi connectivity index (χ4n) is 2.10. The molecule has 0 unspecified atom stereocenters. The van der Waals surface area contributed by atoms with E-state index in [1.54, 1.807) is 30.5 Å². The van der Waals surface area contributed by atoms with Gasteiger partial charge in [0.1, 0.15) is 0 Å². The molecule has 2 heterocycles. The topological polar surface area (TPSA) is 74.5 Å². The summed E-state index contributed by atoms with van der Waals surface area (Å²) in [5.74, 6) is 1.15. The van der Waals surface area contributed by atoms with Crippen molar-refractivity contribution in [3.8, 4) is 11.4 Å². The van der Waals surface area contributed by atoms with E-state index < -0.39 is 0 Å². The third-order valence-electron chi connectivity index (χ3n) is 3.34. The summed E-state index contributed by atoms with van der Waals surface area (Å²) in [5, 5.41) is 15.4. The van der Waals surface area contributed by atoms with Crippen LogP contribution in [0.4, 0.5) is 5.82 Å². The zero-order valence-electron chi connectivity index (χ0n) is 13.2. The van der Waals surface area contributed by atoms with Crippen LogP contribution >= 0.6 is 0 Å². The van der Waals surface area contributed by atoms with Gasteiger partial charge < -0.3 is 5.11 Å². The predicted molar refractivity (Wildman–Crippen MR) is 93.6 cm³/mol. The van der Waals surface area contributed by atoms with E-state index in [0.717, 1.165) is 11.3 Å². The molecule has 6 nitrogen and oxygen atoms in total. The quantitative estimate of drug-likeness (QED) is 0.578. The average Bonchev–Trinajstić information content (AvgIpc) is 2.67. The Morgan fingerprint density at radius 2 is 1.88 bits per heavy atom. The lowest BCUT2D eigenvalue weighted by Crippen LogP contribution is -2.13. The summed E-state index contributed by atoms with van der Waals surface area (Å²) >= 11 is 0. The van der Waals surface area contributed by atoms with Crippen LogP contribution in [0.15, 0.2) is 65.9 Å². The van der Waals surface area contributed by atoms with Crippen LogP contribution in [0, 0.1) is 0 Å². The van der Waals surface area contributed by atoms with E-state index in [-0.39, 0.29) is 6.61 Å². The Kier molecular flexibility index (Phi) is 4.88. The van der Waals surface area contributed by atoms with E-state index >= 15 is 0 Å². The van der Waals surface area contributed by atoms with E-state index in [1.807, 2.05) is 48.5 Å². The normalized spacial score (nSPS) is 10.9. The molecule has 0 aliphatic carbocycles. The Labute approximate surface area is 140 Å². The van der Waals surface area contributed by atoms with Gasteiger partial charge in [0.25, 0.3) is 0 Å². The summed E-state index contributed by atoms with van der Waals surface area (Å²) < 4.78 is 0. The standard InChI is InChI=1S/C18H17N5O/c1-23(20-12-15-9-5-6-10-19-15)17-11-16(13-24)21-18(22-17)14-7-3-2-4-8-14/h2-12,24H,13H2,1H3/b20-12+. The molecule has 3 aromatic rings. The molecule has 6 heteroatoms. The minimum Gasteiger partial charge on any atom is -0.390 e. The van der Waals surface area contributed by atoms with Crippen LogP contribution < -0.4 is 5.01 Å². The van der Waals surface area contributed by atoms with Crippen LogP contribution in [0.1, 0.15) is 11.4 Å². The highest BCUT2D eigenvalue weighted by atomic mass is 16.3. The highest BCUT2D eigenvalue weighted by Crippen LogP contribution is 2.19. The smallest absolute Gasteiger partial charge is 0.161 e. The number of aliphatic hydroxyl groups excluding tert-OH is 1. The molecule has 0 fully saturated rings. The van der Waals surface area contributed by atoms with Gasteiger partial charge in [0.15, 0.2) is 11.6 Å². The average molecular weight is 319 g/mol. The first-order chi connectivity index (χ1) is 11.8. The van der Waals surface area contributed by atoms with Gasteiger partial charge in [-0.25, -0.2) is 9.97 Å². The van der Waals surface area contributed by atoms with Crippen LogP contribution in [0.2, 0.25) is 0 Å². The number of aromatic nitrogens is 3. The van der Waals surface area contributed by atoms with Gasteiger partial charge in [0.05, 0.1) is 24.2 Å². The number of rotatable bonds is 5. The maximum Gasteiger partial charge on any atom is 0.161 e. The minimum atomic E-state index is -0.160. The van der Waals surface area contributed by atoms with Crippen molar-refractivity contribution in [2.24, 2.45) is 5.10 Å². The second kappa shape index (κ2) is 7.43. The Morgan fingerprint density at radius 1 is 1.08 bits per heavy atom. The molecular weight excluding hydrogens is 302 g/mol. The van der Waals surface area contributed by atoms with Crippen molar-refractivity contribution in [1.29, 1.82) is 0 Å². The number of hydrogen-bond donors (Lipinski definition) is 1. The van der Waals surface area contributed by atoms with E-state index in [2.05, 4.69) is 20.1 Å². The summed E-state index contributed by atoms with van der Waals surface area (Å²) in [5.41, 5.74) is 2.18. The summed E-state index contributed by atoms with van der Waals surface area (Å²) in [6.45, 7) is -0.160. The monoisotopic (exact) mass is 319 g/mol. The van der Waals surface area contributed by atoms with Gasteiger partial charge >= 0.3 is 0 Å². The van der Waals surface area contributed by atoms with Crippen molar-refractivity contribution in [1.82, 2.24) is 15.0 Å². The number of hydrogen-bond acceptors (Lipinski definition) is 6. The third kappa shape index (κ3) is 3.80. The number of benzene rings is 1. The fraction of sp³-hybridized carbons (Fsp3) is 0.111. The van der Waals surface area contributed by atoms with Gasteiger partial charge in [-0.3, -0.25) is 9.99 Å². The molecule has 0 saturated heterocycles. The molecule has 120 valence electrons. The van der Waals surface area contributed by atoms with Gasteiger partial charge in [0.2, 0.25) is 0 Å². The number of hydrazone groups is 1. The van der Waals surface area contributed by atoms with Crippen molar-refractivity contribution in [2.75, 3.05) is 12.1 Å². The molecule has 0 atom stereocenters. The fourth-order valence-corrected chi connectivity index (χ4v) is 2.10. The lowest BCUT2D eigenvalue weighted by Gasteiger charge is -2.14. The first kappa shape index (κ1) is 15.8. The first-order valence-electron chi connectivity index (χ1n) is 7.49. The van der Waals surface area contributed by atoms with Crippen molar-refractivity contribution in [3.63, 3.8) is 0 Å². The molecule has 0 saturated carbocycles. The third-order valence-corrected chi connectivity index (χ3v) is 3.34. The summed E-state index contributed by atoms with van der Waals surface area (Å²) in [7, 11) is 1.79. The molecule has 1 aromatic carbocycles. The summed E-state index contributed by atoms with van der Waals surface area (Å²) in [6, 6.07) is 17.0. The van der Waals surface area contributed by atoms with Crippen molar-refractivity contribution < 1.29 is 5.11 Å². The minimum absolute atomic E-state index is 0.160. The van der Waals surface area contributed by atoms with Gasteiger partial charge in [0, 0.05) is 24.9 Å². The Bertz CT molecular complexity index is 821. The Balaban J connectivity index is 1.91. The SMILES string of the molecule is CN(/N=C/c1ccccn1)c1cc(CO)nc(-c2ccccc2)n1. The largest absolute Gasteiger partial charge is 0.390 e. The molecule has 0 amide bonds. The van der Waals surface area contributed by atoms with Crippen molar-refractivity contribution in [2.45, 2.75) is 6.61 Å². The van der Waals surface area contributed by atoms with E-state index in [0.29, 0.717) is 17.3 Å². The van der Waals surface area contributed by atoms with Crippen LogP contribution in [-0.2, 0) is 6.61 Å². The second-order valence-corrected chi connectivity index (χ2v) is 5.09. The van der Waals surface area contributed by atoms with Crippen LogP contribution in [0.25, 0.3) is 11.4 Å². The van der Waals surface area contributed by atoms with Crippen molar-refractivity contribution in [3.05, 3.63) is 72.2 Å². The number of aliphatic hydroxyl groups is 1. The maximum absolute atomic E-state index is 9.47. The Morgan fingerprint density at radius 3 is 2.58 bits per heavy atom. The van der Waals surface area contributed by atoms with Gasteiger partial charge in [-0.2, -0.15) is 5.10 Å². The lowest BCUT2D eigenvalue weighted by atomic mass is 10.2. The van der Waals surface area contributed by atoms with Crippen molar-refractivity contribution >= 4 is 12.0 Å². The number of anilines is 1. The van der Waals surface area contributed by atoms with Gasteiger partial charge in [-0.1, -0.05) is 36.4 Å². The van der Waals surface area contributed by atoms with E-state index in [9.17, 15) is 5.11 Å². The molecule has 0 aliphatic heterocycles. The van der Waals surface area contributed by atoms with Gasteiger partial charge in [-0.15, -0.1) is 0 Å². The highest BCUT2D eigenvalue weighted by Gasteiger charge is 2.09. The second-order valence-electron chi connectivity index (χ2n) is 5.09. The van der Waals surface area contributed by atoms with Crippen LogP contribution in [0.5, 0.6) is 0 Å². The molecular formula is C18H17N5O. The predicted octanol–water partition coefficient (Wildman–Crippen LogP) is 2.50. The molecule has 0 bridgehead atoms. The molecule has 0 aliphatic rings. The molecule has 0 radical (unpaired) electrons. The van der Waals surface area contributed by atoms with Crippen LogP contribution in [0.3, 0.4) is 0 Å². The highest BCUT2D eigenvalue weighted by molar-refractivity contribution is 5.77. The molecule has 2 aromatic heterocycles. The van der Waals surface area contributed by atoms with E-state index in [4.69, 9.17) is 0 Å². The molecule has 24 heavy (non-hydrogen) atoms. The molecule has 0 spiro atoms. The molecule has 1 N–H and O–H groups in total. The zero-order valence-corrected chi connectivity index (χ0v) is 13.2. The molecule has 3 rings (SSSR count). The van der Waals surface area contributed by atoms with Crippen LogP contribution in [-0.4, -0.2) is 33.3 Å².